The number of amides is 2. The second-order valence-corrected chi connectivity index (χ2v) is 5.26. The summed E-state index contributed by atoms with van der Waals surface area (Å²) in [4.78, 5) is 23.2. The zero-order chi connectivity index (χ0) is 16.8. The number of halogens is 3. The number of benzene rings is 2. The summed E-state index contributed by atoms with van der Waals surface area (Å²) in [5.41, 5.74) is 3.87. The number of nitrogens with one attached hydrogen (secondary N) is 2. The van der Waals surface area contributed by atoms with Gasteiger partial charge < -0.3 is 4.74 Å². The Morgan fingerprint density at radius 2 is 1.78 bits per heavy atom. The molecule has 0 atom stereocenters. The Labute approximate surface area is 138 Å². The minimum absolute atomic E-state index is 0.108. The molecule has 0 fully saturated rings. The number of rotatable bonds is 4. The molecule has 0 aliphatic rings. The van der Waals surface area contributed by atoms with E-state index in [4.69, 9.17) is 4.74 Å². The summed E-state index contributed by atoms with van der Waals surface area (Å²) in [6, 6.07) is 9.40. The van der Waals surface area contributed by atoms with Gasteiger partial charge >= 0.3 is 0 Å². The smallest absolute Gasteiger partial charge is 0.276 e. The van der Waals surface area contributed by atoms with E-state index in [1.165, 1.54) is 30.3 Å². The lowest BCUT2D eigenvalue weighted by Gasteiger charge is -2.09. The van der Waals surface area contributed by atoms with Crippen molar-refractivity contribution in [3.63, 3.8) is 0 Å². The van der Waals surface area contributed by atoms with Crippen LogP contribution in [0.3, 0.4) is 0 Å². The summed E-state index contributed by atoms with van der Waals surface area (Å²) in [7, 11) is 0. The van der Waals surface area contributed by atoms with E-state index in [0.29, 0.717) is 4.47 Å². The lowest BCUT2D eigenvalue weighted by molar-refractivity contribution is -0.123. The van der Waals surface area contributed by atoms with E-state index in [-0.39, 0.29) is 11.3 Å². The molecule has 0 aliphatic heterocycles. The van der Waals surface area contributed by atoms with Crippen molar-refractivity contribution in [1.29, 1.82) is 0 Å². The maximum Gasteiger partial charge on any atom is 0.276 e. The highest BCUT2D eigenvalue weighted by atomic mass is 79.9. The van der Waals surface area contributed by atoms with Gasteiger partial charge in [-0.2, -0.15) is 0 Å². The fourth-order valence-corrected chi connectivity index (χ4v) is 1.94. The van der Waals surface area contributed by atoms with Gasteiger partial charge in [-0.1, -0.05) is 28.1 Å². The van der Waals surface area contributed by atoms with Crippen molar-refractivity contribution >= 4 is 27.7 Å². The second-order valence-electron chi connectivity index (χ2n) is 4.35. The van der Waals surface area contributed by atoms with Gasteiger partial charge in [0.25, 0.3) is 11.8 Å². The van der Waals surface area contributed by atoms with Crippen molar-refractivity contribution in [1.82, 2.24) is 10.9 Å². The first-order chi connectivity index (χ1) is 11.0. The zero-order valence-corrected chi connectivity index (χ0v) is 13.2. The number of hydrogen-bond acceptors (Lipinski definition) is 3. The molecule has 2 aromatic carbocycles. The molecule has 8 heteroatoms. The van der Waals surface area contributed by atoms with Crippen molar-refractivity contribution in [3.05, 3.63) is 64.1 Å². The monoisotopic (exact) mass is 384 g/mol. The quantitative estimate of drug-likeness (QED) is 0.796. The second kappa shape index (κ2) is 7.68. The average Bonchev–Trinajstić information content (AvgIpc) is 2.52. The van der Waals surface area contributed by atoms with E-state index in [2.05, 4.69) is 15.9 Å². The molecule has 0 saturated heterocycles. The fraction of sp³-hybridized carbons (Fsp3) is 0.0667. The van der Waals surface area contributed by atoms with Crippen LogP contribution in [-0.4, -0.2) is 18.4 Å². The Morgan fingerprint density at radius 1 is 1.04 bits per heavy atom. The van der Waals surface area contributed by atoms with Gasteiger partial charge in [0, 0.05) is 4.47 Å². The Bertz CT molecular complexity index is 740. The van der Waals surface area contributed by atoms with Gasteiger partial charge in [0.2, 0.25) is 0 Å². The number of ether oxygens (including phenoxy) is 1. The van der Waals surface area contributed by atoms with Crippen molar-refractivity contribution < 1.29 is 23.1 Å². The Balaban J connectivity index is 1.83. The van der Waals surface area contributed by atoms with Crippen molar-refractivity contribution in [2.45, 2.75) is 0 Å². The molecule has 5 nitrogen and oxygen atoms in total. The van der Waals surface area contributed by atoms with Crippen LogP contribution < -0.4 is 15.6 Å². The molecule has 0 aliphatic carbocycles. The normalized spacial score (nSPS) is 10.0. The van der Waals surface area contributed by atoms with Gasteiger partial charge in [0.1, 0.15) is 5.82 Å². The van der Waals surface area contributed by atoms with Crippen LogP contribution in [-0.2, 0) is 4.79 Å². The lowest BCUT2D eigenvalue weighted by Crippen LogP contribution is -2.44. The molecule has 2 N–H and O–H groups in total. The number of carbonyl (C=O) groups excluding carboxylic acids is 2. The maximum atomic E-state index is 13.5. The molecule has 120 valence electrons. The van der Waals surface area contributed by atoms with Crippen LogP contribution in [0.4, 0.5) is 8.78 Å². The van der Waals surface area contributed by atoms with E-state index in [0.717, 1.165) is 6.07 Å². The van der Waals surface area contributed by atoms with Crippen LogP contribution in [0.25, 0.3) is 0 Å². The van der Waals surface area contributed by atoms with E-state index < -0.39 is 30.1 Å². The molecule has 0 saturated carbocycles. The largest absolute Gasteiger partial charge is 0.481 e. The van der Waals surface area contributed by atoms with Gasteiger partial charge in [0.15, 0.2) is 18.2 Å². The van der Waals surface area contributed by atoms with Gasteiger partial charge in [-0.3, -0.25) is 20.4 Å². The molecule has 0 unspecified atom stereocenters. The topological polar surface area (TPSA) is 67.4 Å². The van der Waals surface area contributed by atoms with Gasteiger partial charge in [-0.05, 0) is 30.3 Å². The summed E-state index contributed by atoms with van der Waals surface area (Å²) >= 11 is 3.09. The minimum atomic E-state index is -0.814. The highest BCUT2D eigenvalue weighted by Crippen LogP contribution is 2.21. The summed E-state index contributed by atoms with van der Waals surface area (Å²) in [5, 5.41) is 0. The van der Waals surface area contributed by atoms with E-state index in [1.807, 2.05) is 10.9 Å². The standard InChI is InChI=1S/C15H11BrF2N2O3/c16-9-5-6-13(12(18)7-9)23-8-14(21)19-20-15(22)10-3-1-2-4-11(10)17/h1-7H,8H2,(H,19,21)(H,20,22). The van der Waals surface area contributed by atoms with Gasteiger partial charge in [0.05, 0.1) is 5.56 Å². The Kier molecular flexibility index (Phi) is 5.64. The highest BCUT2D eigenvalue weighted by Gasteiger charge is 2.12. The third kappa shape index (κ3) is 4.75. The molecule has 23 heavy (non-hydrogen) atoms. The summed E-state index contributed by atoms with van der Waals surface area (Å²) in [6.07, 6.45) is 0. The molecule has 2 rings (SSSR count). The van der Waals surface area contributed by atoms with Crippen molar-refractivity contribution in [2.75, 3.05) is 6.61 Å². The molecule has 2 aromatic rings. The summed E-state index contributed by atoms with van der Waals surface area (Å²) in [6.45, 7) is -0.518. The molecular weight excluding hydrogens is 374 g/mol. The predicted molar refractivity (Wildman–Crippen MR) is 81.6 cm³/mol. The zero-order valence-electron chi connectivity index (χ0n) is 11.6. The maximum absolute atomic E-state index is 13.5. The number of carbonyl (C=O) groups is 2. The van der Waals surface area contributed by atoms with Crippen LogP contribution >= 0.6 is 15.9 Å². The Morgan fingerprint density at radius 3 is 2.48 bits per heavy atom. The average molecular weight is 385 g/mol. The number of hydrazine groups is 1. The van der Waals surface area contributed by atoms with Crippen LogP contribution in [0.15, 0.2) is 46.9 Å². The summed E-state index contributed by atoms with van der Waals surface area (Å²) < 4.78 is 32.4. The molecule has 0 heterocycles. The molecule has 0 spiro atoms. The van der Waals surface area contributed by atoms with Crippen molar-refractivity contribution in [2.24, 2.45) is 0 Å². The first-order valence-corrected chi connectivity index (χ1v) is 7.18. The number of hydrogen-bond donors (Lipinski definition) is 2. The van der Waals surface area contributed by atoms with Crippen LogP contribution in [0.2, 0.25) is 0 Å². The van der Waals surface area contributed by atoms with Crippen molar-refractivity contribution in [3.8, 4) is 5.75 Å². The van der Waals surface area contributed by atoms with Gasteiger partial charge in [-0.15, -0.1) is 0 Å². The molecule has 2 amide bonds. The van der Waals surface area contributed by atoms with Gasteiger partial charge in [-0.25, -0.2) is 8.78 Å². The van der Waals surface area contributed by atoms with E-state index in [1.54, 1.807) is 6.07 Å². The van der Waals surface area contributed by atoms with Crippen LogP contribution in [0.5, 0.6) is 5.75 Å². The molecule has 0 bridgehead atoms. The SMILES string of the molecule is O=C(COc1ccc(Br)cc1F)NNC(=O)c1ccccc1F. The third-order valence-corrected chi connectivity index (χ3v) is 3.18. The lowest BCUT2D eigenvalue weighted by atomic mass is 10.2. The third-order valence-electron chi connectivity index (χ3n) is 2.69. The molecule has 0 aromatic heterocycles. The minimum Gasteiger partial charge on any atom is -0.481 e. The predicted octanol–water partition coefficient (Wildman–Crippen LogP) is 2.57. The highest BCUT2D eigenvalue weighted by molar-refractivity contribution is 9.10. The first kappa shape index (κ1) is 16.9. The molecular formula is C15H11BrF2N2O3. The summed E-state index contributed by atoms with van der Waals surface area (Å²) in [5.74, 6) is -3.00. The Hall–Kier alpha value is -2.48. The van der Waals surface area contributed by atoms with Crippen LogP contribution in [0, 0.1) is 11.6 Å². The van der Waals surface area contributed by atoms with E-state index in [9.17, 15) is 18.4 Å². The van der Waals surface area contributed by atoms with E-state index >= 15 is 0 Å². The van der Waals surface area contributed by atoms with Crippen LogP contribution in [0.1, 0.15) is 10.4 Å². The fourth-order valence-electron chi connectivity index (χ4n) is 1.61. The molecule has 0 radical (unpaired) electrons. The first-order valence-electron chi connectivity index (χ1n) is 6.39.